The van der Waals surface area contributed by atoms with Gasteiger partial charge in [0, 0.05) is 18.1 Å². The zero-order valence-corrected chi connectivity index (χ0v) is 25.1. The molecular weight excluding hydrogens is 480 g/mol. The fraction of sp³-hybridized carbons (Fsp3) is 0.694. The topological polar surface area (TPSA) is 46.5 Å². The van der Waals surface area contributed by atoms with Gasteiger partial charge in [0.05, 0.1) is 0 Å². The number of aromatic hydroxyl groups is 1. The summed E-state index contributed by atoms with van der Waals surface area (Å²) < 4.78 is 5.91. The molecule has 3 nitrogen and oxygen atoms in total. The highest BCUT2D eigenvalue weighted by Crippen LogP contribution is 2.67. The predicted molar refractivity (Wildman–Crippen MR) is 160 cm³/mol. The van der Waals surface area contributed by atoms with Crippen molar-refractivity contribution in [3.63, 3.8) is 0 Å². The molecule has 214 valence electrons. The number of esters is 1. The molecule has 0 aliphatic heterocycles. The van der Waals surface area contributed by atoms with Crippen LogP contribution in [-0.2, 0) is 9.53 Å². The fourth-order valence-corrected chi connectivity index (χ4v) is 9.74. The van der Waals surface area contributed by atoms with Crippen molar-refractivity contribution in [2.75, 3.05) is 0 Å². The molecule has 4 aliphatic carbocycles. The Balaban J connectivity index is 1.22. The molecule has 0 unspecified atom stereocenters. The summed E-state index contributed by atoms with van der Waals surface area (Å²) in [5, 5.41) is 9.95. The lowest BCUT2D eigenvalue weighted by Crippen LogP contribution is -2.51. The van der Waals surface area contributed by atoms with E-state index in [9.17, 15) is 9.90 Å². The van der Waals surface area contributed by atoms with Crippen molar-refractivity contribution < 1.29 is 14.6 Å². The molecule has 0 spiro atoms. The molecule has 0 amide bonds. The number of para-hydroxylation sites is 1. The van der Waals surface area contributed by atoms with Crippen molar-refractivity contribution in [2.45, 2.75) is 111 Å². The van der Waals surface area contributed by atoms with Gasteiger partial charge >= 0.3 is 5.97 Å². The number of hydrogen-bond donors (Lipinski definition) is 1. The van der Waals surface area contributed by atoms with Gasteiger partial charge < -0.3 is 9.84 Å². The molecule has 0 heterocycles. The Morgan fingerprint density at radius 2 is 1.85 bits per heavy atom. The molecule has 5 rings (SSSR count). The average molecular weight is 533 g/mol. The van der Waals surface area contributed by atoms with Crippen LogP contribution < -0.4 is 0 Å². The SMILES string of the molecule is CC(C)CCC[C@H](C)[C@H]1CC[C@H]2[C@H]3CC=C4C[C@@H](OC(=O)/C=C/c5ccccc5O)CC[C@]4(C)[C@@H]3CC[C@]12C. The lowest BCUT2D eigenvalue weighted by atomic mass is 9.47. The quantitative estimate of drug-likeness (QED) is 0.206. The molecular formula is C36H52O3. The van der Waals surface area contributed by atoms with Crippen LogP contribution in [0.4, 0.5) is 0 Å². The van der Waals surface area contributed by atoms with Crippen LogP contribution in [0.3, 0.4) is 0 Å². The van der Waals surface area contributed by atoms with E-state index < -0.39 is 0 Å². The maximum Gasteiger partial charge on any atom is 0.331 e. The first-order chi connectivity index (χ1) is 18.6. The first-order valence-electron chi connectivity index (χ1n) is 16.0. The van der Waals surface area contributed by atoms with Gasteiger partial charge in [-0.15, -0.1) is 0 Å². The zero-order chi connectivity index (χ0) is 27.8. The van der Waals surface area contributed by atoms with Crippen molar-refractivity contribution in [2.24, 2.45) is 46.3 Å². The van der Waals surface area contributed by atoms with Crippen molar-refractivity contribution >= 4 is 12.0 Å². The van der Waals surface area contributed by atoms with Crippen LogP contribution in [0.25, 0.3) is 6.08 Å². The molecule has 0 bridgehead atoms. The molecule has 3 heteroatoms. The minimum absolute atomic E-state index is 0.0428. The van der Waals surface area contributed by atoms with Gasteiger partial charge in [-0.2, -0.15) is 0 Å². The minimum Gasteiger partial charge on any atom is -0.507 e. The van der Waals surface area contributed by atoms with Crippen LogP contribution in [0.5, 0.6) is 5.75 Å². The van der Waals surface area contributed by atoms with Gasteiger partial charge in [0.1, 0.15) is 11.9 Å². The van der Waals surface area contributed by atoms with Crippen LogP contribution >= 0.6 is 0 Å². The minimum atomic E-state index is -0.311. The highest BCUT2D eigenvalue weighted by molar-refractivity contribution is 5.87. The van der Waals surface area contributed by atoms with E-state index in [2.05, 4.69) is 40.7 Å². The van der Waals surface area contributed by atoms with Crippen LogP contribution in [0.15, 0.2) is 42.0 Å². The lowest BCUT2D eigenvalue weighted by molar-refractivity contribution is -0.145. The fourth-order valence-electron chi connectivity index (χ4n) is 9.74. The summed E-state index contributed by atoms with van der Waals surface area (Å²) in [4.78, 5) is 12.6. The van der Waals surface area contributed by atoms with Gasteiger partial charge in [0.2, 0.25) is 0 Å². The summed E-state index contributed by atoms with van der Waals surface area (Å²) in [6.07, 6.45) is 19.6. The normalized spacial score (nSPS) is 36.7. The second kappa shape index (κ2) is 11.5. The number of rotatable bonds is 8. The largest absolute Gasteiger partial charge is 0.507 e. The molecule has 1 N–H and O–H groups in total. The number of hydrogen-bond acceptors (Lipinski definition) is 3. The number of ether oxygens (including phenoxy) is 1. The van der Waals surface area contributed by atoms with Crippen LogP contribution in [0.2, 0.25) is 0 Å². The van der Waals surface area contributed by atoms with Crippen LogP contribution in [0.1, 0.15) is 111 Å². The summed E-state index contributed by atoms with van der Waals surface area (Å²) >= 11 is 0. The Bertz CT molecular complexity index is 1080. The average Bonchev–Trinajstić information content (AvgIpc) is 3.25. The van der Waals surface area contributed by atoms with Gasteiger partial charge in [0.15, 0.2) is 0 Å². The van der Waals surface area contributed by atoms with E-state index in [1.807, 2.05) is 6.07 Å². The third-order valence-corrected chi connectivity index (χ3v) is 11.9. The monoisotopic (exact) mass is 532 g/mol. The summed E-state index contributed by atoms with van der Waals surface area (Å²) in [5.41, 5.74) is 2.97. The van der Waals surface area contributed by atoms with E-state index in [1.165, 1.54) is 57.4 Å². The molecule has 1 aromatic rings. The molecule has 0 aromatic heterocycles. The molecule has 3 saturated carbocycles. The van der Waals surface area contributed by atoms with Gasteiger partial charge in [-0.1, -0.05) is 83.7 Å². The molecule has 1 aromatic carbocycles. The van der Waals surface area contributed by atoms with E-state index in [1.54, 1.807) is 29.8 Å². The van der Waals surface area contributed by atoms with Gasteiger partial charge in [-0.05, 0) is 103 Å². The standard InChI is InChI=1S/C36H52O3/c1-24(2)9-8-10-25(3)30-16-17-31-29-15-14-27-23-28(19-21-35(27,4)32(29)20-22-36(30,31)5)39-34(38)18-13-26-11-6-7-12-33(26)37/h6-7,11-14,18,24-25,28-32,37H,8-10,15-17,19-23H2,1-5H3/b18-13+/t25-,28-,29+,30+,31-,32+,35-,36+/m0/s1. The Labute approximate surface area is 237 Å². The third kappa shape index (κ3) is 5.62. The Morgan fingerprint density at radius 1 is 1.05 bits per heavy atom. The second-order valence-corrected chi connectivity index (χ2v) is 14.5. The zero-order valence-electron chi connectivity index (χ0n) is 25.1. The van der Waals surface area contributed by atoms with Crippen molar-refractivity contribution in [1.82, 2.24) is 0 Å². The number of allylic oxidation sites excluding steroid dienone is 1. The summed E-state index contributed by atoms with van der Waals surface area (Å²) in [7, 11) is 0. The molecule has 0 saturated heterocycles. The van der Waals surface area contributed by atoms with E-state index in [-0.39, 0.29) is 23.2 Å². The van der Waals surface area contributed by atoms with E-state index >= 15 is 0 Å². The summed E-state index contributed by atoms with van der Waals surface area (Å²) in [6.45, 7) is 12.5. The van der Waals surface area contributed by atoms with E-state index in [0.29, 0.717) is 11.0 Å². The van der Waals surface area contributed by atoms with Crippen molar-refractivity contribution in [3.8, 4) is 5.75 Å². The first-order valence-corrected chi connectivity index (χ1v) is 16.0. The Kier molecular flexibility index (Phi) is 8.37. The van der Waals surface area contributed by atoms with E-state index in [0.717, 1.165) is 54.8 Å². The highest BCUT2D eigenvalue weighted by atomic mass is 16.5. The summed E-state index contributed by atoms with van der Waals surface area (Å²) in [6, 6.07) is 7.05. The van der Waals surface area contributed by atoms with Gasteiger partial charge in [-0.25, -0.2) is 4.79 Å². The van der Waals surface area contributed by atoms with Crippen LogP contribution in [0, 0.1) is 46.3 Å². The number of carbonyl (C=O) groups is 1. The van der Waals surface area contributed by atoms with Crippen molar-refractivity contribution in [3.05, 3.63) is 47.6 Å². The number of benzene rings is 1. The molecule has 0 radical (unpaired) electrons. The molecule has 39 heavy (non-hydrogen) atoms. The number of phenols is 1. The first kappa shape index (κ1) is 28.5. The van der Waals surface area contributed by atoms with Crippen molar-refractivity contribution in [1.29, 1.82) is 0 Å². The number of fused-ring (bicyclic) bond motifs is 5. The maximum absolute atomic E-state index is 12.6. The summed E-state index contributed by atoms with van der Waals surface area (Å²) in [5.74, 6) is 4.92. The smallest absolute Gasteiger partial charge is 0.331 e. The Hall–Kier alpha value is -2.03. The number of carbonyl (C=O) groups excluding carboxylic acids is 1. The predicted octanol–water partition coefficient (Wildman–Crippen LogP) is 9.36. The van der Waals surface area contributed by atoms with Crippen LogP contribution in [-0.4, -0.2) is 17.2 Å². The van der Waals surface area contributed by atoms with E-state index in [4.69, 9.17) is 4.74 Å². The molecule has 3 fully saturated rings. The molecule has 8 atom stereocenters. The Morgan fingerprint density at radius 3 is 2.62 bits per heavy atom. The maximum atomic E-state index is 12.6. The lowest BCUT2D eigenvalue weighted by Gasteiger charge is -2.58. The van der Waals surface area contributed by atoms with Gasteiger partial charge in [-0.3, -0.25) is 0 Å². The van der Waals surface area contributed by atoms with Gasteiger partial charge in [0.25, 0.3) is 0 Å². The number of phenolic OH excluding ortho intramolecular Hbond substituents is 1. The second-order valence-electron chi connectivity index (χ2n) is 14.5. The highest BCUT2D eigenvalue weighted by Gasteiger charge is 2.59. The third-order valence-electron chi connectivity index (χ3n) is 11.9. The molecule has 4 aliphatic rings.